The zero-order valence-electron chi connectivity index (χ0n) is 14.0. The predicted octanol–water partition coefficient (Wildman–Crippen LogP) is 1.97. The van der Waals surface area contributed by atoms with Crippen molar-refractivity contribution >= 4 is 29.0 Å². The molecule has 0 atom stereocenters. The summed E-state index contributed by atoms with van der Waals surface area (Å²) < 4.78 is 10.3. The Balaban J connectivity index is 2.08. The molecule has 10 nitrogen and oxygen atoms in total. The number of nitrogens with zero attached hydrogens (tertiary/aromatic N) is 2. The number of carbonyl (C=O) groups is 2. The second-order valence-corrected chi connectivity index (χ2v) is 5.02. The molecule has 2 amide bonds. The van der Waals surface area contributed by atoms with Crippen LogP contribution >= 0.6 is 0 Å². The second-order valence-electron chi connectivity index (χ2n) is 5.02. The number of hydrogen-bond acceptors (Lipinski definition) is 7. The molecule has 1 aromatic carbocycles. The number of carbonyl (C=O) groups excluding carboxylic acids is 2. The maximum Gasteiger partial charge on any atom is 0.406 e. The fourth-order valence-electron chi connectivity index (χ4n) is 2.05. The topological polar surface area (TPSA) is 133 Å². The highest BCUT2D eigenvalue weighted by atomic mass is 16.6. The van der Waals surface area contributed by atoms with Crippen LogP contribution in [0.3, 0.4) is 0 Å². The van der Waals surface area contributed by atoms with Crippen molar-refractivity contribution in [2.24, 2.45) is 0 Å². The van der Waals surface area contributed by atoms with Gasteiger partial charge < -0.3 is 30.2 Å². The lowest BCUT2D eigenvalue weighted by atomic mass is 10.2. The average Bonchev–Trinajstić information content (AvgIpc) is 2.60. The van der Waals surface area contributed by atoms with E-state index in [2.05, 4.69) is 15.6 Å². The number of amides is 2. The van der Waals surface area contributed by atoms with E-state index in [9.17, 15) is 19.7 Å². The number of rotatable bonds is 7. The maximum atomic E-state index is 12.1. The van der Waals surface area contributed by atoms with Crippen LogP contribution in [0.15, 0.2) is 36.5 Å². The van der Waals surface area contributed by atoms with E-state index in [1.807, 2.05) is 0 Å². The largest absolute Gasteiger partial charge is 0.495 e. The van der Waals surface area contributed by atoms with Crippen LogP contribution in [-0.2, 0) is 9.59 Å². The van der Waals surface area contributed by atoms with Gasteiger partial charge in [0.05, 0.1) is 12.8 Å². The lowest BCUT2D eigenvalue weighted by molar-refractivity contribution is -0.390. The highest BCUT2D eigenvalue weighted by Gasteiger charge is 2.17. The number of methoxy groups -OCH3 is 1. The summed E-state index contributed by atoms with van der Waals surface area (Å²) in [7, 11) is 1.43. The van der Waals surface area contributed by atoms with Crippen LogP contribution in [-0.4, -0.2) is 35.4 Å². The van der Waals surface area contributed by atoms with E-state index in [0.29, 0.717) is 17.1 Å². The summed E-state index contributed by atoms with van der Waals surface area (Å²) in [6.45, 7) is 0.886. The molecule has 10 heteroatoms. The summed E-state index contributed by atoms with van der Waals surface area (Å²) in [6.07, 6.45) is 1.25. The van der Waals surface area contributed by atoms with E-state index in [1.165, 1.54) is 38.4 Å². The summed E-state index contributed by atoms with van der Waals surface area (Å²) in [5, 5.41) is 16.0. The quantitative estimate of drug-likeness (QED) is 0.569. The van der Waals surface area contributed by atoms with Gasteiger partial charge in [0, 0.05) is 12.6 Å². The van der Waals surface area contributed by atoms with Crippen LogP contribution in [0, 0.1) is 10.1 Å². The van der Waals surface area contributed by atoms with Crippen molar-refractivity contribution in [2.45, 2.75) is 6.92 Å². The second kappa shape index (κ2) is 8.42. The first kappa shape index (κ1) is 18.6. The highest BCUT2D eigenvalue weighted by Crippen LogP contribution is 2.28. The predicted molar refractivity (Wildman–Crippen MR) is 92.3 cm³/mol. The zero-order valence-corrected chi connectivity index (χ0v) is 14.0. The van der Waals surface area contributed by atoms with Crippen molar-refractivity contribution in [1.29, 1.82) is 0 Å². The third kappa shape index (κ3) is 4.90. The number of aromatic nitrogens is 1. The zero-order chi connectivity index (χ0) is 19.1. The Morgan fingerprint density at radius 2 is 2.00 bits per heavy atom. The summed E-state index contributed by atoms with van der Waals surface area (Å²) in [6, 6.07) is 7.51. The normalized spacial score (nSPS) is 9.92. The monoisotopic (exact) mass is 360 g/mol. The fraction of sp³-hybridized carbons (Fsp3) is 0.188. The Morgan fingerprint density at radius 3 is 2.65 bits per heavy atom. The van der Waals surface area contributed by atoms with Crippen LogP contribution in [0.4, 0.5) is 17.2 Å². The van der Waals surface area contributed by atoms with Gasteiger partial charge in [0.1, 0.15) is 11.9 Å². The van der Waals surface area contributed by atoms with E-state index in [-0.39, 0.29) is 11.7 Å². The molecule has 2 N–H and O–H groups in total. The summed E-state index contributed by atoms with van der Waals surface area (Å²) in [4.78, 5) is 37.0. The molecule has 0 aliphatic heterocycles. The molecule has 0 radical (unpaired) electrons. The molecule has 0 aliphatic carbocycles. The van der Waals surface area contributed by atoms with Crippen LogP contribution in [0.2, 0.25) is 0 Å². The van der Waals surface area contributed by atoms with Gasteiger partial charge in [0.25, 0.3) is 5.91 Å². The van der Waals surface area contributed by atoms with Crippen molar-refractivity contribution in [2.75, 3.05) is 24.4 Å². The smallest absolute Gasteiger partial charge is 0.406 e. The molecule has 0 spiro atoms. The number of nitrogens with one attached hydrogen (secondary N) is 2. The van der Waals surface area contributed by atoms with Crippen LogP contribution < -0.4 is 20.1 Å². The van der Waals surface area contributed by atoms with Gasteiger partial charge in [0.2, 0.25) is 11.7 Å². The van der Waals surface area contributed by atoms with E-state index < -0.39 is 23.3 Å². The van der Waals surface area contributed by atoms with Crippen LogP contribution in [0.1, 0.15) is 6.92 Å². The minimum absolute atomic E-state index is 0.119. The number of benzene rings is 1. The molecule has 0 saturated heterocycles. The van der Waals surface area contributed by atoms with Crippen molar-refractivity contribution in [1.82, 2.24) is 4.98 Å². The van der Waals surface area contributed by atoms with Gasteiger partial charge in [-0.25, -0.2) is 0 Å². The Hall–Kier alpha value is -3.69. The lowest BCUT2D eigenvalue weighted by Gasteiger charge is -2.12. The SMILES string of the molecule is COc1ccc(NC(C)=O)cc1NC(=O)COc1cccnc1[N+](=O)[O-]. The molecule has 2 rings (SSSR count). The standard InChI is InChI=1S/C16H16N4O6/c1-10(21)18-11-5-6-13(25-2)12(8-11)19-15(22)9-26-14-4-3-7-17-16(14)20(23)24/h3-8H,9H2,1-2H3,(H,18,21)(H,19,22). The first-order valence-electron chi connectivity index (χ1n) is 7.38. The number of anilines is 2. The van der Waals surface area contributed by atoms with Gasteiger partial charge in [-0.2, -0.15) is 0 Å². The van der Waals surface area contributed by atoms with Crippen molar-refractivity contribution in [3.8, 4) is 11.5 Å². The van der Waals surface area contributed by atoms with Gasteiger partial charge >= 0.3 is 5.82 Å². The van der Waals surface area contributed by atoms with Gasteiger partial charge in [-0.3, -0.25) is 9.59 Å². The number of nitro groups is 1. The summed E-state index contributed by atoms with van der Waals surface area (Å²) in [5.74, 6) is -1.06. The molecule has 0 fully saturated rings. The van der Waals surface area contributed by atoms with E-state index in [4.69, 9.17) is 9.47 Å². The molecule has 1 heterocycles. The molecule has 0 unspecified atom stereocenters. The Morgan fingerprint density at radius 1 is 1.23 bits per heavy atom. The highest BCUT2D eigenvalue weighted by molar-refractivity contribution is 5.95. The van der Waals surface area contributed by atoms with E-state index in [1.54, 1.807) is 12.1 Å². The molecular formula is C16H16N4O6. The molecule has 0 aliphatic rings. The molecule has 0 bridgehead atoms. The molecular weight excluding hydrogens is 344 g/mol. The van der Waals surface area contributed by atoms with Crippen molar-refractivity contribution < 1.29 is 24.0 Å². The third-order valence-electron chi connectivity index (χ3n) is 3.08. The number of hydrogen-bond donors (Lipinski definition) is 2. The van der Waals surface area contributed by atoms with E-state index in [0.717, 1.165) is 0 Å². The number of pyridine rings is 1. The molecule has 1 aromatic heterocycles. The summed E-state index contributed by atoms with van der Waals surface area (Å²) in [5.41, 5.74) is 0.783. The lowest BCUT2D eigenvalue weighted by Crippen LogP contribution is -2.21. The Labute approximate surface area is 148 Å². The Kier molecular flexibility index (Phi) is 6.04. The number of ether oxygens (including phenoxy) is 2. The van der Waals surface area contributed by atoms with Crippen LogP contribution in [0.25, 0.3) is 0 Å². The molecule has 2 aromatic rings. The minimum Gasteiger partial charge on any atom is -0.495 e. The molecule has 136 valence electrons. The van der Waals surface area contributed by atoms with Gasteiger partial charge in [-0.05, 0) is 40.2 Å². The van der Waals surface area contributed by atoms with Gasteiger partial charge in [-0.15, -0.1) is 0 Å². The van der Waals surface area contributed by atoms with E-state index >= 15 is 0 Å². The minimum atomic E-state index is -0.701. The van der Waals surface area contributed by atoms with Crippen molar-refractivity contribution in [3.05, 3.63) is 46.6 Å². The van der Waals surface area contributed by atoms with Crippen molar-refractivity contribution in [3.63, 3.8) is 0 Å². The first-order valence-corrected chi connectivity index (χ1v) is 7.38. The summed E-state index contributed by atoms with van der Waals surface area (Å²) >= 11 is 0. The maximum absolute atomic E-state index is 12.1. The Bertz CT molecular complexity index is 839. The molecule has 0 saturated carbocycles. The fourth-order valence-corrected chi connectivity index (χ4v) is 2.05. The molecule has 26 heavy (non-hydrogen) atoms. The average molecular weight is 360 g/mol. The van der Waals surface area contributed by atoms with Gasteiger partial charge in [0.15, 0.2) is 6.61 Å². The van der Waals surface area contributed by atoms with Gasteiger partial charge in [-0.1, -0.05) is 0 Å². The first-order chi connectivity index (χ1) is 12.4. The third-order valence-corrected chi connectivity index (χ3v) is 3.08. The van der Waals surface area contributed by atoms with Crippen LogP contribution in [0.5, 0.6) is 11.5 Å².